The van der Waals surface area contributed by atoms with Crippen molar-refractivity contribution in [3.8, 4) is 0 Å². The van der Waals surface area contributed by atoms with Gasteiger partial charge in [0.1, 0.15) is 0 Å². The standard InChI is InChI=1S/C2H7N.C2H6.C2H4/c1-3-2;2*1-2/h3H,1-2H3;1-2H3;1-2H2. The van der Waals surface area contributed by atoms with E-state index in [0.29, 0.717) is 0 Å². The maximum absolute atomic E-state index is 3.00. The third-order valence-electron chi connectivity index (χ3n) is 0. The van der Waals surface area contributed by atoms with Gasteiger partial charge in [-0.1, -0.05) is 13.8 Å². The predicted octanol–water partition coefficient (Wildman–Crippen LogP) is 1.66. The van der Waals surface area contributed by atoms with E-state index in [-0.39, 0.29) is 0 Å². The fraction of sp³-hybridized carbons (Fsp3) is 0.667. The van der Waals surface area contributed by atoms with Crippen molar-refractivity contribution < 1.29 is 0 Å². The van der Waals surface area contributed by atoms with Crippen molar-refractivity contribution in [3.05, 3.63) is 13.2 Å². The van der Waals surface area contributed by atoms with E-state index < -0.39 is 0 Å². The summed E-state index contributed by atoms with van der Waals surface area (Å²) < 4.78 is 0. The smallest absolute Gasteiger partial charge is 0.0167 e. The van der Waals surface area contributed by atoms with Gasteiger partial charge in [0.25, 0.3) is 0 Å². The van der Waals surface area contributed by atoms with Crippen LogP contribution in [0.25, 0.3) is 0 Å². The van der Waals surface area contributed by atoms with Gasteiger partial charge in [-0.05, 0) is 14.1 Å². The van der Waals surface area contributed by atoms with Crippen LogP contribution in [0.2, 0.25) is 0 Å². The van der Waals surface area contributed by atoms with Crippen molar-refractivity contribution in [2.45, 2.75) is 13.8 Å². The Balaban J connectivity index is -0.0000000360. The summed E-state index contributed by atoms with van der Waals surface area (Å²) in [6.07, 6.45) is 0. The molecule has 0 amide bonds. The first-order valence-electron chi connectivity index (χ1n) is 2.50. The van der Waals surface area contributed by atoms with E-state index in [4.69, 9.17) is 0 Å². The van der Waals surface area contributed by atoms with Crippen molar-refractivity contribution in [2.75, 3.05) is 14.1 Å². The second-order valence-corrected chi connectivity index (χ2v) is 0.500. The number of rotatable bonds is 0. The number of hydrogen-bond donors (Lipinski definition) is 1. The molecule has 1 N–H and O–H groups in total. The Morgan fingerprint density at radius 3 is 1.00 bits per heavy atom. The van der Waals surface area contributed by atoms with Crippen LogP contribution in [-0.4, -0.2) is 14.1 Å². The molecular formula is C6H17N. The highest BCUT2D eigenvalue weighted by Gasteiger charge is 1.25. The molecule has 0 aromatic rings. The molecule has 0 aromatic heterocycles. The first-order chi connectivity index (χ1) is 3.41. The quantitative estimate of drug-likeness (QED) is 0.460. The highest BCUT2D eigenvalue weighted by molar-refractivity contribution is 4.22. The SMILES string of the molecule is C=C.CC.CNC. The molecule has 0 aliphatic heterocycles. The molecule has 0 aliphatic rings. The monoisotopic (exact) mass is 103 g/mol. The second-order valence-electron chi connectivity index (χ2n) is 0.500. The summed E-state index contributed by atoms with van der Waals surface area (Å²) in [6, 6.07) is 0. The topological polar surface area (TPSA) is 12.0 Å². The first-order valence-corrected chi connectivity index (χ1v) is 2.50. The zero-order chi connectivity index (χ0) is 6.71. The predicted molar refractivity (Wildman–Crippen MR) is 37.6 cm³/mol. The summed E-state index contributed by atoms with van der Waals surface area (Å²) in [4.78, 5) is 0. The van der Waals surface area contributed by atoms with Crippen molar-refractivity contribution in [3.63, 3.8) is 0 Å². The third kappa shape index (κ3) is 867. The van der Waals surface area contributed by atoms with Gasteiger partial charge in [0.05, 0.1) is 0 Å². The van der Waals surface area contributed by atoms with Crippen LogP contribution in [0.1, 0.15) is 13.8 Å². The van der Waals surface area contributed by atoms with Crippen molar-refractivity contribution >= 4 is 0 Å². The number of hydrogen-bond acceptors (Lipinski definition) is 1. The van der Waals surface area contributed by atoms with Crippen LogP contribution in [0, 0.1) is 0 Å². The highest BCUT2D eigenvalue weighted by Crippen LogP contribution is 1.14. The molecule has 0 aliphatic carbocycles. The number of nitrogens with one attached hydrogen (secondary N) is 1. The lowest BCUT2D eigenvalue weighted by Crippen LogP contribution is -1.89. The van der Waals surface area contributed by atoms with E-state index in [1.165, 1.54) is 0 Å². The van der Waals surface area contributed by atoms with Gasteiger partial charge in [0, 0.05) is 0 Å². The van der Waals surface area contributed by atoms with Crippen molar-refractivity contribution in [2.24, 2.45) is 0 Å². The highest BCUT2D eigenvalue weighted by atomic mass is 14.7. The van der Waals surface area contributed by atoms with Crippen LogP contribution in [-0.2, 0) is 0 Å². The van der Waals surface area contributed by atoms with Gasteiger partial charge in [0.2, 0.25) is 0 Å². The summed E-state index contributed by atoms with van der Waals surface area (Å²) >= 11 is 0. The van der Waals surface area contributed by atoms with E-state index in [0.717, 1.165) is 0 Å². The molecule has 0 saturated heterocycles. The molecule has 0 saturated carbocycles. The molecule has 0 bridgehead atoms. The van der Waals surface area contributed by atoms with Crippen LogP contribution in [0.4, 0.5) is 0 Å². The van der Waals surface area contributed by atoms with E-state index in [1.54, 1.807) is 0 Å². The van der Waals surface area contributed by atoms with E-state index in [9.17, 15) is 0 Å². The molecule has 0 rings (SSSR count). The summed E-state index contributed by atoms with van der Waals surface area (Å²) in [5, 5.41) is 2.75. The zero-order valence-electron chi connectivity index (χ0n) is 5.91. The Kier molecular flexibility index (Phi) is 584. The summed E-state index contributed by atoms with van der Waals surface area (Å²) in [6.45, 7) is 10.0. The fourth-order valence-corrected chi connectivity index (χ4v) is 0. The largest absolute Gasteiger partial charge is 0.323 e. The van der Waals surface area contributed by atoms with Crippen LogP contribution in [0.5, 0.6) is 0 Å². The lowest BCUT2D eigenvalue weighted by Gasteiger charge is -1.59. The zero-order valence-corrected chi connectivity index (χ0v) is 5.91. The van der Waals surface area contributed by atoms with Crippen molar-refractivity contribution in [1.82, 2.24) is 5.32 Å². The van der Waals surface area contributed by atoms with Crippen LogP contribution < -0.4 is 5.32 Å². The molecule has 46 valence electrons. The van der Waals surface area contributed by atoms with Gasteiger partial charge in [0.15, 0.2) is 0 Å². The molecule has 1 heteroatoms. The summed E-state index contributed by atoms with van der Waals surface area (Å²) in [5.41, 5.74) is 0. The van der Waals surface area contributed by atoms with Gasteiger partial charge < -0.3 is 5.32 Å². The molecular weight excluding hydrogens is 86.1 g/mol. The Morgan fingerprint density at radius 1 is 1.00 bits per heavy atom. The van der Waals surface area contributed by atoms with E-state index in [1.807, 2.05) is 27.9 Å². The van der Waals surface area contributed by atoms with Gasteiger partial charge in [-0.15, -0.1) is 13.2 Å². The van der Waals surface area contributed by atoms with Crippen LogP contribution in [0.3, 0.4) is 0 Å². The molecule has 0 fully saturated rings. The van der Waals surface area contributed by atoms with Crippen molar-refractivity contribution in [1.29, 1.82) is 0 Å². The Hall–Kier alpha value is -0.300. The minimum atomic E-state index is 1.88. The lowest BCUT2D eigenvalue weighted by molar-refractivity contribution is 1.02. The maximum atomic E-state index is 3.00. The fourth-order valence-electron chi connectivity index (χ4n) is 0. The molecule has 0 radical (unpaired) electrons. The summed E-state index contributed by atoms with van der Waals surface area (Å²) in [5.74, 6) is 0. The second kappa shape index (κ2) is 257. The average molecular weight is 103 g/mol. The van der Waals surface area contributed by atoms with E-state index >= 15 is 0 Å². The Bertz CT molecular complexity index is 8.14. The Morgan fingerprint density at radius 2 is 1.00 bits per heavy atom. The van der Waals surface area contributed by atoms with Crippen LogP contribution in [0.15, 0.2) is 13.2 Å². The average Bonchev–Trinajstić information content (AvgIpc) is 1.78. The summed E-state index contributed by atoms with van der Waals surface area (Å²) in [7, 11) is 3.75. The minimum absolute atomic E-state index is 1.88. The molecule has 0 aromatic carbocycles. The van der Waals surface area contributed by atoms with Crippen LogP contribution >= 0.6 is 0 Å². The Labute approximate surface area is 47.4 Å². The lowest BCUT2D eigenvalue weighted by atomic mass is 11.0. The molecule has 0 atom stereocenters. The van der Waals surface area contributed by atoms with Gasteiger partial charge in [-0.3, -0.25) is 0 Å². The minimum Gasteiger partial charge on any atom is -0.323 e. The van der Waals surface area contributed by atoms with E-state index in [2.05, 4.69) is 18.5 Å². The maximum Gasteiger partial charge on any atom is -0.0167 e. The van der Waals surface area contributed by atoms with Gasteiger partial charge in [-0.25, -0.2) is 0 Å². The van der Waals surface area contributed by atoms with Gasteiger partial charge in [-0.2, -0.15) is 0 Å². The molecule has 0 spiro atoms. The molecule has 7 heavy (non-hydrogen) atoms. The normalized spacial score (nSPS) is 4.00. The molecule has 0 unspecified atom stereocenters. The van der Waals surface area contributed by atoms with Gasteiger partial charge >= 0.3 is 0 Å². The molecule has 1 nitrogen and oxygen atoms in total. The molecule has 0 heterocycles. The third-order valence-corrected chi connectivity index (χ3v) is 0. The first kappa shape index (κ1) is 15.9.